The molecule has 2 aromatic rings. The van der Waals surface area contributed by atoms with E-state index in [-0.39, 0.29) is 6.42 Å². The molecule has 0 spiro atoms. The van der Waals surface area contributed by atoms with Crippen molar-refractivity contribution in [1.82, 2.24) is 0 Å². The van der Waals surface area contributed by atoms with Gasteiger partial charge in [-0.2, -0.15) is 0 Å². The number of hydrogen-bond donors (Lipinski definition) is 3. The van der Waals surface area contributed by atoms with E-state index in [0.717, 1.165) is 11.1 Å². The molecular formula is C14H14N2O2. The molecule has 0 aliphatic rings. The van der Waals surface area contributed by atoms with E-state index in [1.54, 1.807) is 24.3 Å². The second-order valence-corrected chi connectivity index (χ2v) is 4.08. The number of nitrogens with two attached hydrogens (primary N) is 2. The van der Waals surface area contributed by atoms with Crippen LogP contribution < -0.4 is 11.5 Å². The lowest BCUT2D eigenvalue weighted by molar-refractivity contribution is -0.136. The predicted octanol–water partition coefficient (Wildman–Crippen LogP) is 2.15. The number of carboxylic acids is 1. The number of nitrogen functional groups attached to an aromatic ring is 2. The lowest BCUT2D eigenvalue weighted by Gasteiger charge is -2.10. The van der Waals surface area contributed by atoms with E-state index in [2.05, 4.69) is 0 Å². The minimum Gasteiger partial charge on any atom is -0.481 e. The van der Waals surface area contributed by atoms with Crippen LogP contribution >= 0.6 is 0 Å². The van der Waals surface area contributed by atoms with Gasteiger partial charge in [-0.25, -0.2) is 0 Å². The molecule has 0 saturated carbocycles. The largest absolute Gasteiger partial charge is 0.481 e. The third-order valence-corrected chi connectivity index (χ3v) is 2.72. The maximum Gasteiger partial charge on any atom is 0.307 e. The van der Waals surface area contributed by atoms with Gasteiger partial charge in [-0.05, 0) is 17.7 Å². The van der Waals surface area contributed by atoms with Crippen molar-refractivity contribution in [3.63, 3.8) is 0 Å². The first-order chi connectivity index (χ1) is 8.58. The molecule has 0 bridgehead atoms. The summed E-state index contributed by atoms with van der Waals surface area (Å²) in [5.41, 5.74) is 15.4. The summed E-state index contributed by atoms with van der Waals surface area (Å²) in [7, 11) is 0. The molecule has 18 heavy (non-hydrogen) atoms. The zero-order valence-electron chi connectivity index (χ0n) is 9.76. The van der Waals surface area contributed by atoms with Crippen LogP contribution in [0.5, 0.6) is 0 Å². The topological polar surface area (TPSA) is 89.3 Å². The van der Waals surface area contributed by atoms with Gasteiger partial charge in [0.2, 0.25) is 0 Å². The van der Waals surface area contributed by atoms with E-state index in [0.29, 0.717) is 16.9 Å². The number of carboxylic acid groups (broad SMARTS) is 1. The minimum atomic E-state index is -0.874. The van der Waals surface area contributed by atoms with Crippen LogP contribution in [0.2, 0.25) is 0 Å². The summed E-state index contributed by atoms with van der Waals surface area (Å²) in [6.07, 6.45) is -0.0330. The van der Waals surface area contributed by atoms with Crippen molar-refractivity contribution in [1.29, 1.82) is 0 Å². The number of benzene rings is 2. The quantitative estimate of drug-likeness (QED) is 0.719. The third-order valence-electron chi connectivity index (χ3n) is 2.72. The van der Waals surface area contributed by atoms with Crippen LogP contribution in [0.1, 0.15) is 5.56 Å². The Labute approximate surface area is 105 Å². The number of aliphatic carboxylic acids is 1. The summed E-state index contributed by atoms with van der Waals surface area (Å²) in [5, 5.41) is 8.73. The highest BCUT2D eigenvalue weighted by Crippen LogP contribution is 2.31. The van der Waals surface area contributed by atoms with Crippen LogP contribution in [0.25, 0.3) is 11.1 Å². The smallest absolute Gasteiger partial charge is 0.307 e. The Bertz CT molecular complexity index is 594. The average molecular weight is 242 g/mol. The Morgan fingerprint density at radius 2 is 1.67 bits per heavy atom. The van der Waals surface area contributed by atoms with Gasteiger partial charge in [0.1, 0.15) is 0 Å². The average Bonchev–Trinajstić information content (AvgIpc) is 2.30. The molecule has 0 saturated heterocycles. The molecule has 2 rings (SSSR count). The van der Waals surface area contributed by atoms with E-state index >= 15 is 0 Å². The van der Waals surface area contributed by atoms with E-state index in [9.17, 15) is 4.79 Å². The monoisotopic (exact) mass is 242 g/mol. The van der Waals surface area contributed by atoms with Gasteiger partial charge >= 0.3 is 5.97 Å². The molecule has 0 unspecified atom stereocenters. The molecule has 0 fully saturated rings. The fourth-order valence-corrected chi connectivity index (χ4v) is 1.88. The first-order valence-electron chi connectivity index (χ1n) is 5.53. The lowest BCUT2D eigenvalue weighted by atomic mass is 9.99. The third kappa shape index (κ3) is 2.43. The fourth-order valence-electron chi connectivity index (χ4n) is 1.88. The van der Waals surface area contributed by atoms with Gasteiger partial charge in [-0.15, -0.1) is 0 Å². The highest BCUT2D eigenvalue weighted by Gasteiger charge is 2.08. The maximum atomic E-state index is 10.6. The molecule has 0 aliphatic carbocycles. The first kappa shape index (κ1) is 12.0. The molecule has 2 aromatic carbocycles. The summed E-state index contributed by atoms with van der Waals surface area (Å²) in [6, 6.07) is 12.7. The molecule has 0 amide bonds. The van der Waals surface area contributed by atoms with Crippen LogP contribution in [0.3, 0.4) is 0 Å². The molecule has 5 N–H and O–H groups in total. The van der Waals surface area contributed by atoms with Gasteiger partial charge in [0.05, 0.1) is 6.42 Å². The van der Waals surface area contributed by atoms with Gasteiger partial charge in [0.15, 0.2) is 0 Å². The molecule has 4 nitrogen and oxygen atoms in total. The van der Waals surface area contributed by atoms with Crippen LogP contribution in [0.15, 0.2) is 42.5 Å². The van der Waals surface area contributed by atoms with Crippen LogP contribution in [0, 0.1) is 0 Å². The number of anilines is 2. The van der Waals surface area contributed by atoms with Crippen LogP contribution in [-0.4, -0.2) is 11.1 Å². The molecule has 0 radical (unpaired) electrons. The van der Waals surface area contributed by atoms with Gasteiger partial charge in [-0.1, -0.05) is 30.3 Å². The Morgan fingerprint density at radius 1 is 1.00 bits per heavy atom. The molecule has 0 aromatic heterocycles. The van der Waals surface area contributed by atoms with Crippen molar-refractivity contribution < 1.29 is 9.90 Å². The normalized spacial score (nSPS) is 10.2. The van der Waals surface area contributed by atoms with Gasteiger partial charge in [-0.3, -0.25) is 4.79 Å². The molecule has 0 atom stereocenters. The van der Waals surface area contributed by atoms with Crippen molar-refractivity contribution >= 4 is 17.3 Å². The maximum absolute atomic E-state index is 10.6. The number of para-hydroxylation sites is 1. The van der Waals surface area contributed by atoms with Gasteiger partial charge in [0, 0.05) is 22.5 Å². The highest BCUT2D eigenvalue weighted by molar-refractivity contribution is 5.84. The molecule has 0 aliphatic heterocycles. The van der Waals surface area contributed by atoms with Crippen molar-refractivity contribution in [2.45, 2.75) is 6.42 Å². The van der Waals surface area contributed by atoms with E-state index in [1.165, 1.54) is 0 Å². The minimum absolute atomic E-state index is 0.0330. The molecule has 0 heterocycles. The molecular weight excluding hydrogens is 228 g/mol. The standard InChI is InChI=1S/C14H14N2O2/c15-12-4-2-1-3-10(12)11-6-5-9(7-13(11)16)8-14(17)18/h1-7H,8,15-16H2,(H,17,18). The van der Waals surface area contributed by atoms with Gasteiger partial charge < -0.3 is 16.6 Å². The molecule has 4 heteroatoms. The highest BCUT2D eigenvalue weighted by atomic mass is 16.4. The lowest BCUT2D eigenvalue weighted by Crippen LogP contribution is -2.01. The summed E-state index contributed by atoms with van der Waals surface area (Å²) in [6.45, 7) is 0. The Balaban J connectivity index is 2.42. The first-order valence-corrected chi connectivity index (χ1v) is 5.53. The second-order valence-electron chi connectivity index (χ2n) is 4.08. The van der Waals surface area contributed by atoms with E-state index < -0.39 is 5.97 Å². The van der Waals surface area contributed by atoms with Crippen molar-refractivity contribution in [3.8, 4) is 11.1 Å². The van der Waals surface area contributed by atoms with Crippen molar-refractivity contribution in [3.05, 3.63) is 48.0 Å². The summed E-state index contributed by atoms with van der Waals surface area (Å²) < 4.78 is 0. The second kappa shape index (κ2) is 4.79. The van der Waals surface area contributed by atoms with Crippen molar-refractivity contribution in [2.24, 2.45) is 0 Å². The van der Waals surface area contributed by atoms with Gasteiger partial charge in [0.25, 0.3) is 0 Å². The van der Waals surface area contributed by atoms with Crippen LogP contribution in [-0.2, 0) is 11.2 Å². The Hall–Kier alpha value is -2.49. The Morgan fingerprint density at radius 3 is 2.28 bits per heavy atom. The van der Waals surface area contributed by atoms with Crippen LogP contribution in [0.4, 0.5) is 11.4 Å². The van der Waals surface area contributed by atoms with Crippen molar-refractivity contribution in [2.75, 3.05) is 11.5 Å². The molecule has 92 valence electrons. The summed E-state index contributed by atoms with van der Waals surface area (Å²) in [5.74, 6) is -0.874. The number of carbonyl (C=O) groups is 1. The fraction of sp³-hybridized carbons (Fsp3) is 0.0714. The summed E-state index contributed by atoms with van der Waals surface area (Å²) >= 11 is 0. The SMILES string of the molecule is Nc1ccccc1-c1ccc(CC(=O)O)cc1N. The predicted molar refractivity (Wildman–Crippen MR) is 72.0 cm³/mol. The number of hydrogen-bond acceptors (Lipinski definition) is 3. The summed E-state index contributed by atoms with van der Waals surface area (Å²) in [4.78, 5) is 10.6. The zero-order chi connectivity index (χ0) is 13.1. The zero-order valence-corrected chi connectivity index (χ0v) is 9.76. The Kier molecular flexibility index (Phi) is 3.19. The number of rotatable bonds is 3. The van der Waals surface area contributed by atoms with E-state index in [1.807, 2.05) is 18.2 Å². The van der Waals surface area contributed by atoms with E-state index in [4.69, 9.17) is 16.6 Å².